The number of fused-ring (bicyclic) bond motifs is 1. The van der Waals surface area contributed by atoms with Crippen molar-refractivity contribution in [2.75, 3.05) is 13.2 Å². The number of aromatic nitrogens is 1. The van der Waals surface area contributed by atoms with Crippen molar-refractivity contribution in [3.8, 4) is 0 Å². The Morgan fingerprint density at radius 1 is 1.10 bits per heavy atom. The van der Waals surface area contributed by atoms with Gasteiger partial charge in [-0.05, 0) is 19.9 Å². The second-order valence-electron chi connectivity index (χ2n) is 4.60. The minimum absolute atomic E-state index is 0.0488. The second kappa shape index (κ2) is 6.43. The van der Waals surface area contributed by atoms with Crippen LogP contribution in [0.2, 0.25) is 0 Å². The van der Waals surface area contributed by atoms with Gasteiger partial charge in [-0.3, -0.25) is 4.79 Å². The monoisotopic (exact) mass is 289 g/mol. The zero-order chi connectivity index (χ0) is 15.4. The van der Waals surface area contributed by atoms with Gasteiger partial charge in [0.1, 0.15) is 0 Å². The maximum atomic E-state index is 12.2. The van der Waals surface area contributed by atoms with Crippen molar-refractivity contribution in [3.05, 3.63) is 35.5 Å². The Morgan fingerprint density at radius 2 is 1.76 bits per heavy atom. The van der Waals surface area contributed by atoms with Gasteiger partial charge in [0, 0.05) is 23.6 Å². The fourth-order valence-electron chi connectivity index (χ4n) is 2.43. The highest BCUT2D eigenvalue weighted by molar-refractivity contribution is 6.06. The van der Waals surface area contributed by atoms with E-state index in [4.69, 9.17) is 9.47 Å². The Morgan fingerprint density at radius 3 is 2.43 bits per heavy atom. The van der Waals surface area contributed by atoms with Crippen molar-refractivity contribution in [2.24, 2.45) is 7.05 Å². The van der Waals surface area contributed by atoms with Gasteiger partial charge in [-0.25, -0.2) is 4.79 Å². The number of ether oxygens (including phenoxy) is 2. The summed E-state index contributed by atoms with van der Waals surface area (Å²) >= 11 is 0. The van der Waals surface area contributed by atoms with Gasteiger partial charge in [0.05, 0.1) is 25.2 Å². The third-order valence-electron chi connectivity index (χ3n) is 3.32. The summed E-state index contributed by atoms with van der Waals surface area (Å²) < 4.78 is 12.0. The summed E-state index contributed by atoms with van der Waals surface area (Å²) in [6.45, 7) is 4.12. The van der Waals surface area contributed by atoms with Crippen LogP contribution in [0.15, 0.2) is 24.3 Å². The third-order valence-corrected chi connectivity index (χ3v) is 3.32. The summed E-state index contributed by atoms with van der Waals surface area (Å²) in [7, 11) is 1.83. The molecule has 0 radical (unpaired) electrons. The predicted octanol–water partition coefficient (Wildman–Crippen LogP) is 2.46. The standard InChI is InChI=1S/C16H19NO4/c1-4-20-14(18)10-13-15(16(19)21-5-2)11-8-6-7-9-12(11)17(13)3/h6-9H,4-5,10H2,1-3H3. The van der Waals surface area contributed by atoms with Gasteiger partial charge in [-0.2, -0.15) is 0 Å². The summed E-state index contributed by atoms with van der Waals surface area (Å²) in [5, 5.41) is 0.790. The van der Waals surface area contributed by atoms with E-state index in [1.54, 1.807) is 13.8 Å². The van der Waals surface area contributed by atoms with Crippen molar-refractivity contribution in [3.63, 3.8) is 0 Å². The molecule has 2 aromatic rings. The Hall–Kier alpha value is -2.30. The molecule has 0 spiro atoms. The van der Waals surface area contributed by atoms with Crippen LogP contribution in [-0.2, 0) is 27.7 Å². The molecule has 0 fully saturated rings. The highest BCUT2D eigenvalue weighted by Gasteiger charge is 2.23. The van der Waals surface area contributed by atoms with E-state index in [0.29, 0.717) is 24.5 Å². The molecule has 112 valence electrons. The highest BCUT2D eigenvalue weighted by atomic mass is 16.5. The summed E-state index contributed by atoms with van der Waals surface area (Å²) in [5.41, 5.74) is 1.95. The lowest BCUT2D eigenvalue weighted by molar-refractivity contribution is -0.142. The summed E-state index contributed by atoms with van der Waals surface area (Å²) in [4.78, 5) is 24.0. The molecule has 0 atom stereocenters. The van der Waals surface area contributed by atoms with E-state index in [0.717, 1.165) is 10.9 Å². The summed E-state index contributed by atoms with van der Waals surface area (Å²) in [6, 6.07) is 7.52. The van der Waals surface area contributed by atoms with E-state index in [-0.39, 0.29) is 12.4 Å². The van der Waals surface area contributed by atoms with E-state index >= 15 is 0 Å². The lowest BCUT2D eigenvalue weighted by atomic mass is 10.1. The van der Waals surface area contributed by atoms with Crippen LogP contribution in [0.3, 0.4) is 0 Å². The molecule has 0 aliphatic heterocycles. The zero-order valence-corrected chi connectivity index (χ0v) is 12.5. The van der Waals surface area contributed by atoms with Crippen molar-refractivity contribution in [1.82, 2.24) is 4.57 Å². The number of hydrogen-bond acceptors (Lipinski definition) is 4. The molecular weight excluding hydrogens is 270 g/mol. The molecule has 1 aromatic heterocycles. The van der Waals surface area contributed by atoms with Crippen LogP contribution < -0.4 is 0 Å². The number of benzene rings is 1. The van der Waals surface area contributed by atoms with Gasteiger partial charge in [0.15, 0.2) is 0 Å². The van der Waals surface area contributed by atoms with Gasteiger partial charge in [0.25, 0.3) is 0 Å². The van der Waals surface area contributed by atoms with Gasteiger partial charge in [-0.15, -0.1) is 0 Å². The molecule has 0 saturated carbocycles. The third kappa shape index (κ3) is 2.91. The number of para-hydroxylation sites is 1. The Kier molecular flexibility index (Phi) is 4.62. The first-order chi connectivity index (χ1) is 10.1. The number of esters is 2. The van der Waals surface area contributed by atoms with E-state index in [9.17, 15) is 9.59 Å². The normalized spacial score (nSPS) is 10.6. The summed E-state index contributed by atoms with van der Waals surface area (Å²) in [5.74, 6) is -0.762. The molecule has 0 unspecified atom stereocenters. The summed E-state index contributed by atoms with van der Waals surface area (Å²) in [6.07, 6.45) is 0.0488. The number of carbonyl (C=O) groups excluding carboxylic acids is 2. The number of aryl methyl sites for hydroxylation is 1. The molecule has 2 rings (SSSR count). The molecule has 5 heteroatoms. The fraction of sp³-hybridized carbons (Fsp3) is 0.375. The minimum atomic E-state index is -0.409. The zero-order valence-electron chi connectivity index (χ0n) is 12.5. The van der Waals surface area contributed by atoms with Crippen LogP contribution in [0, 0.1) is 0 Å². The molecule has 1 heterocycles. The molecule has 0 aliphatic rings. The van der Waals surface area contributed by atoms with E-state index in [1.807, 2.05) is 35.9 Å². The first-order valence-corrected chi connectivity index (χ1v) is 6.99. The average molecular weight is 289 g/mol. The van der Waals surface area contributed by atoms with Crippen LogP contribution in [0.5, 0.6) is 0 Å². The van der Waals surface area contributed by atoms with Crippen LogP contribution >= 0.6 is 0 Å². The first-order valence-electron chi connectivity index (χ1n) is 6.99. The molecule has 21 heavy (non-hydrogen) atoms. The van der Waals surface area contributed by atoms with Crippen molar-refractivity contribution in [2.45, 2.75) is 20.3 Å². The number of carbonyl (C=O) groups is 2. The quantitative estimate of drug-likeness (QED) is 0.793. The molecule has 0 bridgehead atoms. The largest absolute Gasteiger partial charge is 0.466 e. The van der Waals surface area contributed by atoms with E-state index < -0.39 is 5.97 Å². The van der Waals surface area contributed by atoms with E-state index in [1.165, 1.54) is 0 Å². The van der Waals surface area contributed by atoms with Crippen LogP contribution in [0.1, 0.15) is 29.9 Å². The average Bonchev–Trinajstić information content (AvgIpc) is 2.73. The lowest BCUT2D eigenvalue weighted by Crippen LogP contribution is -2.15. The van der Waals surface area contributed by atoms with Crippen molar-refractivity contribution < 1.29 is 19.1 Å². The fourth-order valence-corrected chi connectivity index (χ4v) is 2.43. The van der Waals surface area contributed by atoms with Crippen molar-refractivity contribution in [1.29, 1.82) is 0 Å². The Balaban J connectivity index is 2.55. The molecule has 0 N–H and O–H groups in total. The molecular formula is C16H19NO4. The van der Waals surface area contributed by atoms with Crippen LogP contribution in [0.4, 0.5) is 0 Å². The minimum Gasteiger partial charge on any atom is -0.466 e. The van der Waals surface area contributed by atoms with Crippen molar-refractivity contribution >= 4 is 22.8 Å². The molecule has 0 aliphatic carbocycles. The smallest absolute Gasteiger partial charge is 0.340 e. The van der Waals surface area contributed by atoms with E-state index in [2.05, 4.69) is 0 Å². The molecule has 0 amide bonds. The van der Waals surface area contributed by atoms with Gasteiger partial charge < -0.3 is 14.0 Å². The maximum Gasteiger partial charge on any atom is 0.340 e. The molecule has 5 nitrogen and oxygen atoms in total. The highest BCUT2D eigenvalue weighted by Crippen LogP contribution is 2.26. The van der Waals surface area contributed by atoms with Gasteiger partial charge in [-0.1, -0.05) is 18.2 Å². The van der Waals surface area contributed by atoms with Crippen LogP contribution in [0.25, 0.3) is 10.9 Å². The Bertz CT molecular complexity index is 672. The number of nitrogens with zero attached hydrogens (tertiary/aromatic N) is 1. The van der Waals surface area contributed by atoms with Crippen LogP contribution in [-0.4, -0.2) is 29.7 Å². The maximum absolute atomic E-state index is 12.2. The Labute approximate surface area is 123 Å². The molecule has 0 saturated heterocycles. The predicted molar refractivity (Wildman–Crippen MR) is 79.2 cm³/mol. The molecule has 1 aromatic carbocycles. The number of rotatable bonds is 5. The SMILES string of the molecule is CCOC(=O)Cc1c(C(=O)OCC)c2ccccc2n1C. The topological polar surface area (TPSA) is 57.5 Å². The van der Waals surface area contributed by atoms with Gasteiger partial charge >= 0.3 is 11.9 Å². The second-order valence-corrected chi connectivity index (χ2v) is 4.60. The van der Waals surface area contributed by atoms with Gasteiger partial charge in [0.2, 0.25) is 0 Å². The lowest BCUT2D eigenvalue weighted by Gasteiger charge is -2.07. The number of hydrogen-bond donors (Lipinski definition) is 0. The first kappa shape index (κ1) is 15.1.